The predicted molar refractivity (Wildman–Crippen MR) is 79.2 cm³/mol. The number of halogens is 4. The number of benzene rings is 1. The van der Waals surface area contributed by atoms with Gasteiger partial charge in [0.05, 0.1) is 5.56 Å². The van der Waals surface area contributed by atoms with Crippen LogP contribution in [-0.4, -0.2) is 16.8 Å². The summed E-state index contributed by atoms with van der Waals surface area (Å²) < 4.78 is 43.4. The highest BCUT2D eigenvalue weighted by molar-refractivity contribution is 9.18. The molecule has 0 radical (unpaired) electrons. The molecule has 1 rings (SSSR count). The Labute approximate surface area is 129 Å². The highest BCUT2D eigenvalue weighted by Crippen LogP contribution is 2.32. The molecule has 8 heteroatoms. The van der Waals surface area contributed by atoms with Crippen LogP contribution in [-0.2, 0) is 6.18 Å². The molecular weight excluding hydrogens is 351 g/mol. The highest BCUT2D eigenvalue weighted by Gasteiger charge is 2.31. The van der Waals surface area contributed by atoms with Crippen molar-refractivity contribution < 1.29 is 17.9 Å². The summed E-state index contributed by atoms with van der Waals surface area (Å²) in [5.41, 5.74) is -0.382. The summed E-state index contributed by atoms with van der Waals surface area (Å²) in [4.78, 5) is 3.74. The van der Waals surface area contributed by atoms with Crippen molar-refractivity contribution in [2.45, 2.75) is 33.0 Å². The summed E-state index contributed by atoms with van der Waals surface area (Å²) in [5.74, 6) is 0.00275. The number of amidine groups is 2. The van der Waals surface area contributed by atoms with E-state index in [9.17, 15) is 13.2 Å². The normalized spacial score (nSPS) is 12.5. The summed E-state index contributed by atoms with van der Waals surface area (Å²) in [7, 11) is 0. The second kappa shape index (κ2) is 6.93. The van der Waals surface area contributed by atoms with Gasteiger partial charge in [0.1, 0.15) is 5.75 Å². The molecule has 0 aliphatic rings. The lowest BCUT2D eigenvalue weighted by molar-refractivity contribution is -0.137. The van der Waals surface area contributed by atoms with E-state index in [1.165, 1.54) is 6.07 Å². The second-order valence-electron chi connectivity index (χ2n) is 4.64. The minimum atomic E-state index is -4.45. The van der Waals surface area contributed by atoms with Crippen LogP contribution in [0.1, 0.15) is 25.0 Å². The van der Waals surface area contributed by atoms with Crippen LogP contribution in [0.4, 0.5) is 13.2 Å². The van der Waals surface area contributed by atoms with Crippen molar-refractivity contribution in [3.8, 4) is 5.75 Å². The summed E-state index contributed by atoms with van der Waals surface area (Å²) in [6.07, 6.45) is -4.45. The largest absolute Gasteiger partial charge is 0.426 e. The van der Waals surface area contributed by atoms with E-state index >= 15 is 0 Å². The smallest absolute Gasteiger partial charge is 0.416 e. The lowest BCUT2D eigenvalue weighted by Gasteiger charge is -2.15. The van der Waals surface area contributed by atoms with Gasteiger partial charge in [-0.15, -0.1) is 0 Å². The van der Waals surface area contributed by atoms with Gasteiger partial charge < -0.3 is 10.1 Å². The Balaban J connectivity index is 3.09. The first-order chi connectivity index (χ1) is 9.57. The number of hydrogen-bond acceptors (Lipinski definition) is 2. The van der Waals surface area contributed by atoms with Crippen LogP contribution < -0.4 is 10.1 Å². The molecule has 0 atom stereocenters. The number of rotatable bonds is 2. The summed E-state index contributed by atoms with van der Waals surface area (Å²) in [6, 6.07) is 3.28. The molecule has 0 amide bonds. The third-order valence-corrected chi connectivity index (χ3v) is 2.38. The summed E-state index contributed by atoms with van der Waals surface area (Å²) in [6.45, 7) is 5.17. The van der Waals surface area contributed by atoms with Gasteiger partial charge in [-0.1, -0.05) is 0 Å². The molecule has 116 valence electrons. The van der Waals surface area contributed by atoms with Gasteiger partial charge in [-0.05, 0) is 60.5 Å². The van der Waals surface area contributed by atoms with E-state index in [0.717, 1.165) is 12.1 Å². The quantitative estimate of drug-likeness (QED) is 0.471. The molecule has 0 aromatic heterocycles. The van der Waals surface area contributed by atoms with Crippen LogP contribution in [0, 0.1) is 12.3 Å². The van der Waals surface area contributed by atoms with E-state index in [4.69, 9.17) is 10.1 Å². The minimum absolute atomic E-state index is 0.00275. The molecule has 21 heavy (non-hydrogen) atoms. The zero-order chi connectivity index (χ0) is 16.2. The lowest BCUT2D eigenvalue weighted by atomic mass is 10.1. The van der Waals surface area contributed by atoms with Gasteiger partial charge in [0.25, 0.3) is 6.02 Å². The molecule has 0 aliphatic carbocycles. The number of ether oxygens (including phenoxy) is 1. The van der Waals surface area contributed by atoms with Crippen molar-refractivity contribution in [2.24, 2.45) is 4.99 Å². The average Bonchev–Trinajstić information content (AvgIpc) is 2.24. The van der Waals surface area contributed by atoms with Crippen molar-refractivity contribution >= 4 is 26.7 Å². The van der Waals surface area contributed by atoms with Gasteiger partial charge in [-0.25, -0.2) is 0 Å². The molecule has 0 saturated carbocycles. The van der Waals surface area contributed by atoms with E-state index in [-0.39, 0.29) is 22.6 Å². The third-order valence-electron chi connectivity index (χ3n) is 2.20. The summed E-state index contributed by atoms with van der Waals surface area (Å²) >= 11 is 2.83. The van der Waals surface area contributed by atoms with E-state index in [0.29, 0.717) is 5.56 Å². The molecule has 0 aliphatic heterocycles. The van der Waals surface area contributed by atoms with Gasteiger partial charge in [0, 0.05) is 6.04 Å². The molecule has 0 bridgehead atoms. The first-order valence-electron chi connectivity index (χ1n) is 6.04. The predicted octanol–water partition coefficient (Wildman–Crippen LogP) is 4.08. The van der Waals surface area contributed by atoms with Gasteiger partial charge in [0.15, 0.2) is 4.74 Å². The maximum atomic E-state index is 12.8. The van der Waals surface area contributed by atoms with Crippen LogP contribution in [0.15, 0.2) is 23.2 Å². The molecule has 0 unspecified atom stereocenters. The Morgan fingerprint density at radius 3 is 2.43 bits per heavy atom. The summed E-state index contributed by atoms with van der Waals surface area (Å²) in [5, 5.41) is 10.1. The Kier molecular flexibility index (Phi) is 5.77. The van der Waals surface area contributed by atoms with Gasteiger partial charge in [0.2, 0.25) is 0 Å². The number of aryl methyl sites for hydroxylation is 1. The highest BCUT2D eigenvalue weighted by atomic mass is 79.9. The molecule has 1 aromatic carbocycles. The van der Waals surface area contributed by atoms with Crippen LogP contribution in [0.2, 0.25) is 0 Å². The second-order valence-corrected chi connectivity index (χ2v) is 5.39. The fourth-order valence-corrected chi connectivity index (χ4v) is 1.66. The van der Waals surface area contributed by atoms with E-state index in [1.54, 1.807) is 6.92 Å². The standard InChI is InChI=1S/C13H15BrF3N3O/c1-7(2)19-12(20-11(14)18)21-10-5-8(3)4-9(6-10)13(15,16)17/h4-7H,1-3H3,(H2,18,19,20). The zero-order valence-electron chi connectivity index (χ0n) is 11.7. The first-order valence-corrected chi connectivity index (χ1v) is 6.83. The van der Waals surface area contributed by atoms with E-state index in [1.807, 2.05) is 13.8 Å². The van der Waals surface area contributed by atoms with E-state index in [2.05, 4.69) is 26.2 Å². The minimum Gasteiger partial charge on any atom is -0.426 e. The molecular formula is C13H15BrF3N3O. The Hall–Kier alpha value is -1.57. The molecule has 2 N–H and O–H groups in total. The monoisotopic (exact) mass is 365 g/mol. The fourth-order valence-electron chi connectivity index (χ4n) is 1.50. The zero-order valence-corrected chi connectivity index (χ0v) is 13.3. The van der Waals surface area contributed by atoms with Gasteiger partial charge in [-0.2, -0.15) is 18.2 Å². The SMILES string of the molecule is Cc1cc(O/C(=N/C(=N)Br)NC(C)C)cc(C(F)(F)F)c1. The molecule has 0 fully saturated rings. The van der Waals surface area contributed by atoms with Crippen molar-refractivity contribution in [1.29, 1.82) is 5.41 Å². The van der Waals surface area contributed by atoms with Crippen molar-refractivity contribution in [3.05, 3.63) is 29.3 Å². The Bertz CT molecular complexity index is 556. The van der Waals surface area contributed by atoms with Gasteiger partial charge in [-0.3, -0.25) is 5.41 Å². The Morgan fingerprint density at radius 2 is 1.95 bits per heavy atom. The number of aliphatic imine (C=N–C) groups is 1. The fraction of sp³-hybridized carbons (Fsp3) is 0.385. The lowest BCUT2D eigenvalue weighted by Crippen LogP contribution is -2.34. The van der Waals surface area contributed by atoms with Gasteiger partial charge >= 0.3 is 6.18 Å². The maximum absolute atomic E-state index is 12.8. The van der Waals surface area contributed by atoms with Crippen LogP contribution in [0.3, 0.4) is 0 Å². The number of nitrogens with zero attached hydrogens (tertiary/aromatic N) is 1. The first kappa shape index (κ1) is 17.5. The average molecular weight is 366 g/mol. The molecule has 1 aromatic rings. The van der Waals surface area contributed by atoms with Crippen molar-refractivity contribution in [1.82, 2.24) is 5.32 Å². The number of nitrogens with one attached hydrogen (secondary N) is 2. The molecule has 0 heterocycles. The Morgan fingerprint density at radius 1 is 1.33 bits per heavy atom. The van der Waals surface area contributed by atoms with Crippen molar-refractivity contribution in [3.63, 3.8) is 0 Å². The number of hydrogen-bond donors (Lipinski definition) is 2. The van der Waals surface area contributed by atoms with Crippen LogP contribution in [0.5, 0.6) is 5.75 Å². The van der Waals surface area contributed by atoms with Crippen LogP contribution in [0.25, 0.3) is 0 Å². The number of alkyl halides is 3. The van der Waals surface area contributed by atoms with Crippen molar-refractivity contribution in [2.75, 3.05) is 0 Å². The van der Waals surface area contributed by atoms with E-state index < -0.39 is 11.7 Å². The molecule has 0 spiro atoms. The third kappa shape index (κ3) is 6.16. The topological polar surface area (TPSA) is 57.5 Å². The molecule has 0 saturated heterocycles. The maximum Gasteiger partial charge on any atom is 0.416 e. The molecule has 4 nitrogen and oxygen atoms in total. The van der Waals surface area contributed by atoms with Crippen LogP contribution >= 0.6 is 15.9 Å².